The zero-order valence-electron chi connectivity index (χ0n) is 23.2. The van der Waals surface area contributed by atoms with Crippen LogP contribution in [0.25, 0.3) is 22.0 Å². The van der Waals surface area contributed by atoms with Crippen molar-refractivity contribution in [2.75, 3.05) is 0 Å². The molecule has 1 aromatic heterocycles. The van der Waals surface area contributed by atoms with Gasteiger partial charge in [0.2, 0.25) is 0 Å². The van der Waals surface area contributed by atoms with Crippen LogP contribution in [0.4, 0.5) is 0 Å². The fraction of sp³-hybridized carbons (Fsp3) is 0.294. The minimum Gasteiger partial charge on any atom is -0.513 e. The topological polar surface area (TPSA) is 56.9 Å². The molecule has 1 aliphatic rings. The van der Waals surface area contributed by atoms with Crippen LogP contribution in [0.15, 0.2) is 103 Å². The minimum absolute atomic E-state index is 0.0659. The van der Waals surface area contributed by atoms with E-state index in [1.807, 2.05) is 38.3 Å². The van der Waals surface area contributed by atoms with E-state index in [2.05, 4.69) is 88.0 Å². The lowest BCUT2D eigenvalue weighted by Gasteiger charge is -2.21. The van der Waals surface area contributed by atoms with Crippen LogP contribution >= 0.6 is 0 Å². The Morgan fingerprint density at radius 2 is 1.81 bits per heavy atom. The summed E-state index contributed by atoms with van der Waals surface area (Å²) in [4.78, 5) is 4.70. The van der Waals surface area contributed by atoms with Gasteiger partial charge < -0.3 is 5.11 Å². The van der Waals surface area contributed by atoms with Gasteiger partial charge in [0.15, 0.2) is 0 Å². The van der Waals surface area contributed by atoms with E-state index in [4.69, 9.17) is 10.1 Å². The van der Waals surface area contributed by atoms with Crippen LogP contribution in [0.1, 0.15) is 65.5 Å². The molecule has 37 heavy (non-hydrogen) atoms. The number of fused-ring (bicyclic) bond motifs is 1. The maximum Gasteiger partial charge on any atom is 0.0994 e. The average molecular weight is 493 g/mol. The van der Waals surface area contributed by atoms with Crippen molar-refractivity contribution in [1.82, 2.24) is 4.98 Å². The number of allylic oxidation sites excluding steroid dienone is 7. The summed E-state index contributed by atoms with van der Waals surface area (Å²) in [7, 11) is 0. The third-order valence-electron chi connectivity index (χ3n) is 5.86. The Labute approximate surface area is 223 Å². The molecule has 0 amide bonds. The number of aliphatic hydroxyl groups is 1. The highest BCUT2D eigenvalue weighted by Crippen LogP contribution is 2.34. The maximum atomic E-state index is 9.47. The molecule has 4 rings (SSSR count). The first-order valence-corrected chi connectivity index (χ1v) is 13.0. The molecule has 0 radical (unpaired) electrons. The highest BCUT2D eigenvalue weighted by Gasteiger charge is 2.17. The number of pyridine rings is 1. The fourth-order valence-corrected chi connectivity index (χ4v) is 4.03. The normalized spacial score (nSPS) is 12.6. The smallest absolute Gasteiger partial charge is 0.0994 e. The monoisotopic (exact) mass is 492 g/mol. The first kappa shape index (κ1) is 29.3. The van der Waals surface area contributed by atoms with Gasteiger partial charge in [-0.25, -0.2) is 0 Å². The van der Waals surface area contributed by atoms with E-state index in [0.717, 1.165) is 35.9 Å². The SMILES string of the molecule is C=C(C)O.CC.CC(C)(C)c1cc(-c2cccc(CCC3=CCC=CC=C3C#N)c2)c2ncccc2c1. The first-order valence-electron chi connectivity index (χ1n) is 13.0. The van der Waals surface area contributed by atoms with Crippen LogP contribution in [0.3, 0.4) is 0 Å². The van der Waals surface area contributed by atoms with Gasteiger partial charge >= 0.3 is 0 Å². The summed E-state index contributed by atoms with van der Waals surface area (Å²) < 4.78 is 0. The van der Waals surface area contributed by atoms with Gasteiger partial charge in [-0.15, -0.1) is 0 Å². The third-order valence-corrected chi connectivity index (χ3v) is 5.86. The molecule has 2 aromatic carbocycles. The first-order chi connectivity index (χ1) is 17.7. The van der Waals surface area contributed by atoms with Crippen LogP contribution in [0, 0.1) is 11.3 Å². The van der Waals surface area contributed by atoms with E-state index in [9.17, 15) is 5.26 Å². The average Bonchev–Trinajstić information content (AvgIpc) is 3.12. The van der Waals surface area contributed by atoms with Crippen LogP contribution in [-0.4, -0.2) is 10.1 Å². The highest BCUT2D eigenvalue weighted by atomic mass is 16.3. The molecule has 0 spiro atoms. The number of nitriles is 1. The molecule has 0 bridgehead atoms. The second-order valence-electron chi connectivity index (χ2n) is 9.87. The number of aliphatic hydroxyl groups excluding tert-OH is 1. The summed E-state index contributed by atoms with van der Waals surface area (Å²) in [6, 6.07) is 19.8. The van der Waals surface area contributed by atoms with Gasteiger partial charge in [-0.2, -0.15) is 5.26 Å². The molecular formula is C34H40N2O. The predicted molar refractivity (Wildman–Crippen MR) is 159 cm³/mol. The van der Waals surface area contributed by atoms with Crippen molar-refractivity contribution < 1.29 is 5.11 Å². The van der Waals surface area contributed by atoms with Crippen molar-refractivity contribution in [1.29, 1.82) is 5.26 Å². The van der Waals surface area contributed by atoms with Crippen LogP contribution in [0.5, 0.6) is 0 Å². The van der Waals surface area contributed by atoms with Crippen LogP contribution in [0.2, 0.25) is 0 Å². The van der Waals surface area contributed by atoms with Crippen molar-refractivity contribution in [3.05, 3.63) is 114 Å². The molecule has 1 aliphatic carbocycles. The zero-order valence-corrected chi connectivity index (χ0v) is 23.2. The van der Waals surface area contributed by atoms with Gasteiger partial charge in [-0.05, 0) is 78.1 Å². The molecule has 1 N–H and O–H groups in total. The minimum atomic E-state index is 0.0659. The van der Waals surface area contributed by atoms with Gasteiger partial charge in [0.25, 0.3) is 0 Å². The van der Waals surface area contributed by atoms with Crippen molar-refractivity contribution in [3.8, 4) is 17.2 Å². The summed E-state index contributed by atoms with van der Waals surface area (Å²) in [6.45, 7) is 15.4. The Morgan fingerprint density at radius 3 is 2.49 bits per heavy atom. The predicted octanol–water partition coefficient (Wildman–Crippen LogP) is 9.57. The Kier molecular flexibility index (Phi) is 11.1. The summed E-state index contributed by atoms with van der Waals surface area (Å²) in [5.74, 6) is 0.167. The molecular weight excluding hydrogens is 452 g/mol. The van der Waals surface area contributed by atoms with Crippen molar-refractivity contribution >= 4 is 10.9 Å². The van der Waals surface area contributed by atoms with Gasteiger partial charge in [0.1, 0.15) is 0 Å². The number of rotatable bonds is 4. The molecule has 3 nitrogen and oxygen atoms in total. The van der Waals surface area contributed by atoms with Gasteiger partial charge in [0, 0.05) is 17.1 Å². The molecule has 3 aromatic rings. The third kappa shape index (κ3) is 8.62. The Hall–Kier alpha value is -3.90. The number of hydrogen-bond donors (Lipinski definition) is 1. The lowest BCUT2D eigenvalue weighted by Crippen LogP contribution is -2.11. The highest BCUT2D eigenvalue weighted by molar-refractivity contribution is 5.94. The van der Waals surface area contributed by atoms with Crippen molar-refractivity contribution in [2.24, 2.45) is 0 Å². The second-order valence-corrected chi connectivity index (χ2v) is 9.87. The number of aromatic nitrogens is 1. The van der Waals surface area contributed by atoms with Crippen LogP contribution < -0.4 is 0 Å². The van der Waals surface area contributed by atoms with Crippen molar-refractivity contribution in [3.63, 3.8) is 0 Å². The molecule has 0 saturated carbocycles. The van der Waals surface area contributed by atoms with Gasteiger partial charge in [-0.1, -0.05) is 89.8 Å². The van der Waals surface area contributed by atoms with E-state index in [0.29, 0.717) is 0 Å². The van der Waals surface area contributed by atoms with E-state index >= 15 is 0 Å². The lowest BCUT2D eigenvalue weighted by molar-refractivity contribution is 0.417. The molecule has 0 unspecified atom stereocenters. The molecule has 3 heteroatoms. The zero-order chi connectivity index (χ0) is 27.4. The summed E-state index contributed by atoms with van der Waals surface area (Å²) >= 11 is 0. The summed E-state index contributed by atoms with van der Waals surface area (Å²) in [5.41, 5.74) is 7.99. The Bertz CT molecular complexity index is 1340. The summed E-state index contributed by atoms with van der Waals surface area (Å²) in [6.07, 6.45) is 12.7. The standard InChI is InChI=1S/C29H28N2.C3H6O.C2H6/c1-29(2,3)26-18-24-13-8-16-31-28(24)27(19-26)23-12-7-9-21(17-23)14-15-22-10-5-4-6-11-25(22)20-30;1-3(2)4;1-2/h4,6-13,16-19H,5,14-15H2,1-3H3;4H,1H2,2H3;1-2H3. The lowest BCUT2D eigenvalue weighted by atomic mass is 9.84. The molecule has 1 heterocycles. The molecule has 0 aliphatic heterocycles. The largest absolute Gasteiger partial charge is 0.513 e. The number of hydrogen-bond acceptors (Lipinski definition) is 3. The van der Waals surface area contributed by atoms with Gasteiger partial charge in [-0.3, -0.25) is 4.98 Å². The molecule has 0 saturated heterocycles. The van der Waals surface area contributed by atoms with Gasteiger partial charge in [0.05, 0.1) is 22.9 Å². The molecule has 0 fully saturated rings. The van der Waals surface area contributed by atoms with E-state index in [1.165, 1.54) is 34.6 Å². The summed E-state index contributed by atoms with van der Waals surface area (Å²) in [5, 5.41) is 18.5. The Balaban J connectivity index is 0.000000733. The van der Waals surface area contributed by atoms with E-state index < -0.39 is 0 Å². The number of benzene rings is 2. The quantitative estimate of drug-likeness (QED) is 0.369. The van der Waals surface area contributed by atoms with E-state index in [-0.39, 0.29) is 11.2 Å². The molecule has 0 atom stereocenters. The van der Waals surface area contributed by atoms with Crippen molar-refractivity contribution in [2.45, 2.75) is 66.2 Å². The fourth-order valence-electron chi connectivity index (χ4n) is 4.03. The Morgan fingerprint density at radius 1 is 1.08 bits per heavy atom. The molecule has 192 valence electrons. The second kappa shape index (κ2) is 14.0. The number of nitrogens with zero attached hydrogens (tertiary/aromatic N) is 2. The van der Waals surface area contributed by atoms with E-state index in [1.54, 1.807) is 0 Å². The maximum absolute atomic E-state index is 9.47. The number of aryl methyl sites for hydroxylation is 1. The van der Waals surface area contributed by atoms with Crippen LogP contribution in [-0.2, 0) is 11.8 Å².